The Kier molecular flexibility index (Phi) is 4.96. The number of Topliss-reactive ketones (excluding diaryl/α,β-unsaturated/α-hetero) is 1. The fourth-order valence-electron chi connectivity index (χ4n) is 4.70. The molecule has 0 bridgehead atoms. The van der Waals surface area contributed by atoms with Crippen molar-refractivity contribution in [3.63, 3.8) is 0 Å². The first-order valence-corrected chi connectivity index (χ1v) is 9.53. The second kappa shape index (κ2) is 7.58. The SMILES string of the molecule is COc1cc2c(cc1OC)[C@@H]1[C@@H](C#N)[C@H](C#N)[C@H](C(=O)c3ccccc3)N1CC2. The van der Waals surface area contributed by atoms with Crippen LogP contribution in [-0.2, 0) is 6.42 Å². The molecule has 1 saturated heterocycles. The lowest BCUT2D eigenvalue weighted by Crippen LogP contribution is -2.43. The third-order valence-electron chi connectivity index (χ3n) is 6.01. The second-order valence-corrected chi connectivity index (χ2v) is 7.32. The number of hydrogen-bond acceptors (Lipinski definition) is 6. The first-order chi connectivity index (χ1) is 14.1. The highest BCUT2D eigenvalue weighted by Crippen LogP contribution is 2.50. The number of hydrogen-bond donors (Lipinski definition) is 0. The van der Waals surface area contributed by atoms with Crippen molar-refractivity contribution in [2.45, 2.75) is 18.5 Å². The van der Waals surface area contributed by atoms with E-state index in [1.807, 2.05) is 35.2 Å². The average Bonchev–Trinajstić information content (AvgIpc) is 3.11. The summed E-state index contributed by atoms with van der Waals surface area (Å²) in [7, 11) is 3.16. The van der Waals surface area contributed by atoms with Crippen molar-refractivity contribution < 1.29 is 14.3 Å². The number of methoxy groups -OCH3 is 2. The molecule has 0 radical (unpaired) electrons. The molecule has 0 spiro atoms. The van der Waals surface area contributed by atoms with Gasteiger partial charge in [-0.15, -0.1) is 0 Å². The molecule has 0 N–H and O–H groups in total. The largest absolute Gasteiger partial charge is 0.493 e. The van der Waals surface area contributed by atoms with Gasteiger partial charge in [0.1, 0.15) is 0 Å². The molecule has 0 amide bonds. The maximum atomic E-state index is 13.3. The van der Waals surface area contributed by atoms with Crippen LogP contribution in [0.2, 0.25) is 0 Å². The van der Waals surface area contributed by atoms with Crippen molar-refractivity contribution in [2.24, 2.45) is 11.8 Å². The van der Waals surface area contributed by atoms with E-state index in [-0.39, 0.29) is 11.8 Å². The van der Waals surface area contributed by atoms with Crippen molar-refractivity contribution in [3.05, 3.63) is 59.2 Å². The zero-order valence-corrected chi connectivity index (χ0v) is 16.3. The standard InChI is InChI=1S/C23H21N3O3/c1-28-19-10-15-8-9-26-21(16(15)11-20(19)29-2)17(12-24)18(13-25)22(26)23(27)14-6-4-3-5-7-14/h3-7,10-11,17-18,21-22H,8-9H2,1-2H3/t17-,18-,21+,22+/m0/s1. The van der Waals surface area contributed by atoms with Gasteiger partial charge in [0.05, 0.1) is 50.3 Å². The van der Waals surface area contributed by atoms with Crippen LogP contribution in [0.25, 0.3) is 0 Å². The normalized spacial score (nSPS) is 25.2. The number of ketones is 1. The zero-order valence-electron chi connectivity index (χ0n) is 16.3. The molecule has 6 heteroatoms. The van der Waals surface area contributed by atoms with Gasteiger partial charge in [0, 0.05) is 12.1 Å². The third-order valence-corrected chi connectivity index (χ3v) is 6.01. The molecule has 0 unspecified atom stereocenters. The summed E-state index contributed by atoms with van der Waals surface area (Å²) >= 11 is 0. The fraction of sp³-hybridized carbons (Fsp3) is 0.348. The van der Waals surface area contributed by atoms with Gasteiger partial charge in [-0.1, -0.05) is 30.3 Å². The second-order valence-electron chi connectivity index (χ2n) is 7.32. The molecule has 4 atom stereocenters. The summed E-state index contributed by atoms with van der Waals surface area (Å²) in [6, 6.07) is 16.4. The van der Waals surface area contributed by atoms with Crippen molar-refractivity contribution in [2.75, 3.05) is 20.8 Å². The van der Waals surface area contributed by atoms with Crippen molar-refractivity contribution >= 4 is 5.78 Å². The number of carbonyl (C=O) groups excluding carboxylic acids is 1. The van der Waals surface area contributed by atoms with Crippen LogP contribution in [0, 0.1) is 34.5 Å². The van der Waals surface area contributed by atoms with E-state index >= 15 is 0 Å². The summed E-state index contributed by atoms with van der Waals surface area (Å²) in [5.74, 6) is -0.188. The highest BCUT2D eigenvalue weighted by Gasteiger charge is 2.54. The van der Waals surface area contributed by atoms with E-state index < -0.39 is 17.9 Å². The first-order valence-electron chi connectivity index (χ1n) is 9.53. The van der Waals surface area contributed by atoms with Gasteiger partial charge in [0.15, 0.2) is 17.3 Å². The highest BCUT2D eigenvalue weighted by atomic mass is 16.5. The minimum absolute atomic E-state index is 0.108. The number of ether oxygens (including phenoxy) is 2. The Balaban J connectivity index is 1.82. The molecule has 2 aromatic rings. The van der Waals surface area contributed by atoms with Gasteiger partial charge in [0.25, 0.3) is 0 Å². The van der Waals surface area contributed by atoms with E-state index in [1.54, 1.807) is 26.4 Å². The third kappa shape index (κ3) is 2.93. The number of nitrogens with zero attached hydrogens (tertiary/aromatic N) is 3. The van der Waals surface area contributed by atoms with E-state index in [4.69, 9.17) is 9.47 Å². The topological polar surface area (TPSA) is 86.3 Å². The highest BCUT2D eigenvalue weighted by molar-refractivity contribution is 6.01. The van der Waals surface area contributed by atoms with Crippen LogP contribution in [0.5, 0.6) is 11.5 Å². The summed E-state index contributed by atoms with van der Waals surface area (Å²) in [6.07, 6.45) is 0.709. The van der Waals surface area contributed by atoms with Crippen molar-refractivity contribution in [3.8, 4) is 23.6 Å². The molecule has 2 aliphatic heterocycles. The van der Waals surface area contributed by atoms with Crippen molar-refractivity contribution in [1.29, 1.82) is 10.5 Å². The van der Waals surface area contributed by atoms with Gasteiger partial charge in [-0.3, -0.25) is 9.69 Å². The summed E-state index contributed by atoms with van der Waals surface area (Å²) in [5, 5.41) is 19.8. The molecule has 1 fully saturated rings. The van der Waals surface area contributed by atoms with Gasteiger partial charge in [0.2, 0.25) is 0 Å². The minimum atomic E-state index is -0.697. The van der Waals surface area contributed by atoms with Crippen LogP contribution >= 0.6 is 0 Å². The van der Waals surface area contributed by atoms with Crippen LogP contribution < -0.4 is 9.47 Å². The van der Waals surface area contributed by atoms with Crippen molar-refractivity contribution in [1.82, 2.24) is 4.90 Å². The maximum Gasteiger partial charge on any atom is 0.181 e. The lowest BCUT2D eigenvalue weighted by Gasteiger charge is -2.36. The Labute approximate surface area is 169 Å². The monoisotopic (exact) mass is 387 g/mol. The predicted molar refractivity (Wildman–Crippen MR) is 105 cm³/mol. The maximum absolute atomic E-state index is 13.3. The number of nitriles is 2. The van der Waals surface area contributed by atoms with Gasteiger partial charge >= 0.3 is 0 Å². The Bertz CT molecular complexity index is 1020. The first kappa shape index (κ1) is 19.0. The number of carbonyl (C=O) groups is 1. The van der Waals surface area contributed by atoms with Crippen LogP contribution in [0.15, 0.2) is 42.5 Å². The summed E-state index contributed by atoms with van der Waals surface area (Å²) in [6.45, 7) is 0.604. The molecular formula is C23H21N3O3. The van der Waals surface area contributed by atoms with Gasteiger partial charge < -0.3 is 9.47 Å². The molecule has 2 heterocycles. The lowest BCUT2D eigenvalue weighted by atomic mass is 9.82. The quantitative estimate of drug-likeness (QED) is 0.749. The summed E-state index contributed by atoms with van der Waals surface area (Å²) in [4.78, 5) is 15.4. The Morgan fingerprint density at radius 3 is 2.31 bits per heavy atom. The van der Waals surface area contributed by atoms with Crippen LogP contribution in [-0.4, -0.2) is 37.5 Å². The molecule has 2 aliphatic rings. The fourth-order valence-corrected chi connectivity index (χ4v) is 4.70. The molecule has 4 rings (SSSR count). The predicted octanol–water partition coefficient (Wildman–Crippen LogP) is 3.15. The number of benzene rings is 2. The molecule has 0 aliphatic carbocycles. The molecule has 6 nitrogen and oxygen atoms in total. The molecular weight excluding hydrogens is 366 g/mol. The number of rotatable bonds is 4. The van der Waals surface area contributed by atoms with Crippen LogP contribution in [0.1, 0.15) is 27.5 Å². The summed E-state index contributed by atoms with van der Waals surface area (Å²) < 4.78 is 10.9. The minimum Gasteiger partial charge on any atom is -0.493 e. The van der Waals surface area contributed by atoms with E-state index in [9.17, 15) is 15.3 Å². The molecule has 29 heavy (non-hydrogen) atoms. The van der Waals surface area contributed by atoms with Crippen LogP contribution in [0.3, 0.4) is 0 Å². The van der Waals surface area contributed by atoms with Gasteiger partial charge in [-0.25, -0.2) is 0 Å². The van der Waals surface area contributed by atoms with E-state index in [1.165, 1.54) is 0 Å². The number of fused-ring (bicyclic) bond motifs is 3. The zero-order chi connectivity index (χ0) is 20.5. The van der Waals surface area contributed by atoms with Crippen LogP contribution in [0.4, 0.5) is 0 Å². The Morgan fingerprint density at radius 2 is 1.69 bits per heavy atom. The summed E-state index contributed by atoms with van der Waals surface area (Å²) in [5.41, 5.74) is 2.56. The van der Waals surface area contributed by atoms with Gasteiger partial charge in [-0.2, -0.15) is 10.5 Å². The lowest BCUT2D eigenvalue weighted by molar-refractivity contribution is 0.0803. The average molecular weight is 387 g/mol. The van der Waals surface area contributed by atoms with E-state index in [0.717, 1.165) is 11.1 Å². The Morgan fingerprint density at radius 1 is 1.03 bits per heavy atom. The molecule has 0 aromatic heterocycles. The molecule has 2 aromatic carbocycles. The van der Waals surface area contributed by atoms with E-state index in [2.05, 4.69) is 12.1 Å². The van der Waals surface area contributed by atoms with Gasteiger partial charge in [-0.05, 0) is 29.7 Å². The molecule has 0 saturated carbocycles. The Hall–Kier alpha value is -3.35. The van der Waals surface area contributed by atoms with E-state index in [0.29, 0.717) is 30.0 Å². The molecule has 146 valence electrons. The smallest absolute Gasteiger partial charge is 0.181 e.